The Morgan fingerprint density at radius 2 is 2.10 bits per heavy atom. The summed E-state index contributed by atoms with van der Waals surface area (Å²) in [5.41, 5.74) is 7.12. The number of hydrogen-bond acceptors (Lipinski definition) is 7. The summed E-state index contributed by atoms with van der Waals surface area (Å²) in [4.78, 5) is 30.1. The van der Waals surface area contributed by atoms with Crippen molar-refractivity contribution in [2.75, 3.05) is 23.4 Å². The first-order chi connectivity index (χ1) is 15.0. The van der Waals surface area contributed by atoms with E-state index in [-0.39, 0.29) is 18.3 Å². The number of amides is 2. The molecule has 4 N–H and O–H groups in total. The fourth-order valence-electron chi connectivity index (χ4n) is 3.01. The number of nitrogen functional groups attached to an aromatic ring is 1. The minimum atomic E-state index is -0.472. The molecule has 9 nitrogen and oxygen atoms in total. The lowest BCUT2D eigenvalue weighted by Gasteiger charge is -2.14. The molecule has 0 saturated carbocycles. The van der Waals surface area contributed by atoms with Crippen molar-refractivity contribution in [1.29, 1.82) is 5.41 Å². The van der Waals surface area contributed by atoms with Crippen LogP contribution in [0, 0.1) is 5.41 Å². The van der Waals surface area contributed by atoms with E-state index in [2.05, 4.69) is 10.3 Å². The molecule has 1 aliphatic heterocycles. The predicted octanol–water partition coefficient (Wildman–Crippen LogP) is 3.08. The van der Waals surface area contributed by atoms with E-state index in [0.29, 0.717) is 34.2 Å². The summed E-state index contributed by atoms with van der Waals surface area (Å²) in [7, 11) is 0. The molecular weight excluding hydrogens is 418 g/mol. The van der Waals surface area contributed by atoms with Crippen LogP contribution in [0.2, 0.25) is 0 Å². The van der Waals surface area contributed by atoms with E-state index in [1.54, 1.807) is 60.1 Å². The van der Waals surface area contributed by atoms with E-state index in [4.69, 9.17) is 20.6 Å². The van der Waals surface area contributed by atoms with Gasteiger partial charge in [0.15, 0.2) is 11.2 Å². The Morgan fingerprint density at radius 1 is 1.29 bits per heavy atom. The van der Waals surface area contributed by atoms with Gasteiger partial charge in [0, 0.05) is 28.4 Å². The Kier molecular flexibility index (Phi) is 5.80. The second-order valence-corrected chi connectivity index (χ2v) is 7.60. The molecule has 0 radical (unpaired) electrons. The Bertz CT molecular complexity index is 1100. The smallest absolute Gasteiger partial charge is 0.414 e. The van der Waals surface area contributed by atoms with Crippen LogP contribution in [0.4, 0.5) is 15.6 Å². The van der Waals surface area contributed by atoms with Crippen LogP contribution in [0.15, 0.2) is 60.1 Å². The fourth-order valence-corrected chi connectivity index (χ4v) is 3.53. The van der Waals surface area contributed by atoms with Gasteiger partial charge >= 0.3 is 6.09 Å². The Hall–Kier alpha value is -3.92. The summed E-state index contributed by atoms with van der Waals surface area (Å²) in [5.74, 6) is 0.171. The average molecular weight is 437 g/mol. The van der Waals surface area contributed by atoms with Crippen molar-refractivity contribution in [2.24, 2.45) is 5.73 Å². The van der Waals surface area contributed by atoms with E-state index in [1.807, 2.05) is 0 Å². The van der Waals surface area contributed by atoms with Gasteiger partial charge in [0.05, 0.1) is 6.54 Å². The Morgan fingerprint density at radius 3 is 2.81 bits per heavy atom. The third-order valence-corrected chi connectivity index (χ3v) is 5.24. The zero-order valence-electron chi connectivity index (χ0n) is 16.3. The molecule has 31 heavy (non-hydrogen) atoms. The maximum absolute atomic E-state index is 12.3. The molecule has 1 saturated heterocycles. The molecule has 0 bridgehead atoms. The standard InChI is InChI=1S/C21H19N5O4S/c22-18(23)13-4-6-15(7-5-13)26-11-17(30-21(26)28)12-29-16-3-1-2-14(10-16)19(27)25-20-24-8-9-31-20/h1-10,17H,11-12H2,(H3,22,23)(H,24,25,27). The summed E-state index contributed by atoms with van der Waals surface area (Å²) in [6.07, 6.45) is 0.678. The maximum Gasteiger partial charge on any atom is 0.414 e. The number of carbonyl (C=O) groups is 2. The number of hydrogen-bond donors (Lipinski definition) is 3. The molecule has 1 aromatic heterocycles. The van der Waals surface area contributed by atoms with E-state index in [9.17, 15) is 9.59 Å². The van der Waals surface area contributed by atoms with E-state index >= 15 is 0 Å². The number of carbonyl (C=O) groups excluding carboxylic acids is 2. The molecule has 0 aliphatic carbocycles. The minimum Gasteiger partial charge on any atom is -0.490 e. The quantitative estimate of drug-likeness (QED) is 0.385. The van der Waals surface area contributed by atoms with Crippen molar-refractivity contribution >= 4 is 40.0 Å². The van der Waals surface area contributed by atoms with Gasteiger partial charge < -0.3 is 15.2 Å². The second kappa shape index (κ2) is 8.84. The first kappa shape index (κ1) is 20.4. The van der Waals surface area contributed by atoms with Gasteiger partial charge in [0.2, 0.25) is 0 Å². The molecule has 10 heteroatoms. The largest absolute Gasteiger partial charge is 0.490 e. The van der Waals surface area contributed by atoms with Gasteiger partial charge in [-0.2, -0.15) is 0 Å². The maximum atomic E-state index is 12.3. The van der Waals surface area contributed by atoms with Crippen LogP contribution in [0.3, 0.4) is 0 Å². The molecule has 2 amide bonds. The van der Waals surface area contributed by atoms with Crippen LogP contribution in [-0.2, 0) is 4.74 Å². The number of nitrogens with two attached hydrogens (primary N) is 1. The number of amidine groups is 1. The third kappa shape index (κ3) is 4.81. The van der Waals surface area contributed by atoms with Crippen LogP contribution >= 0.6 is 11.3 Å². The van der Waals surface area contributed by atoms with Crippen molar-refractivity contribution in [3.8, 4) is 5.75 Å². The van der Waals surface area contributed by atoms with Crippen molar-refractivity contribution in [3.05, 3.63) is 71.2 Å². The van der Waals surface area contributed by atoms with Crippen LogP contribution in [0.25, 0.3) is 0 Å². The normalized spacial score (nSPS) is 15.4. The number of aromatic nitrogens is 1. The van der Waals surface area contributed by atoms with Crippen LogP contribution in [0.1, 0.15) is 15.9 Å². The number of cyclic esters (lactones) is 1. The molecule has 2 heterocycles. The van der Waals surface area contributed by atoms with Gasteiger partial charge in [-0.3, -0.25) is 20.4 Å². The monoisotopic (exact) mass is 437 g/mol. The molecular formula is C21H19N5O4S. The number of anilines is 2. The summed E-state index contributed by atoms with van der Waals surface area (Å²) in [6.45, 7) is 0.466. The van der Waals surface area contributed by atoms with E-state index < -0.39 is 12.2 Å². The summed E-state index contributed by atoms with van der Waals surface area (Å²) >= 11 is 1.33. The lowest BCUT2D eigenvalue weighted by atomic mass is 10.2. The van der Waals surface area contributed by atoms with E-state index in [1.165, 1.54) is 16.2 Å². The lowest BCUT2D eigenvalue weighted by molar-refractivity contribution is 0.102. The Balaban J connectivity index is 1.35. The SMILES string of the molecule is N=C(N)c1ccc(N2CC(COc3cccc(C(=O)Nc4nccs4)c3)OC2=O)cc1. The minimum absolute atomic E-state index is 0.0376. The van der Waals surface area contributed by atoms with Crippen LogP contribution < -0.4 is 20.7 Å². The summed E-state index contributed by atoms with van der Waals surface area (Å²) < 4.78 is 11.1. The van der Waals surface area contributed by atoms with Crippen molar-refractivity contribution < 1.29 is 19.1 Å². The van der Waals surface area contributed by atoms with Crippen molar-refractivity contribution in [2.45, 2.75) is 6.10 Å². The number of benzene rings is 2. The highest BCUT2D eigenvalue weighted by Crippen LogP contribution is 2.23. The number of nitrogens with one attached hydrogen (secondary N) is 2. The first-order valence-corrected chi connectivity index (χ1v) is 10.2. The lowest BCUT2D eigenvalue weighted by Crippen LogP contribution is -2.26. The van der Waals surface area contributed by atoms with Gasteiger partial charge in [0.1, 0.15) is 18.2 Å². The van der Waals surface area contributed by atoms with Crippen molar-refractivity contribution in [3.63, 3.8) is 0 Å². The highest BCUT2D eigenvalue weighted by molar-refractivity contribution is 7.13. The number of rotatable bonds is 7. The van der Waals surface area contributed by atoms with E-state index in [0.717, 1.165) is 0 Å². The molecule has 3 aromatic rings. The second-order valence-electron chi connectivity index (χ2n) is 6.71. The molecule has 1 aliphatic rings. The summed E-state index contributed by atoms with van der Waals surface area (Å²) in [6, 6.07) is 13.5. The molecule has 2 aromatic carbocycles. The topological polar surface area (TPSA) is 131 Å². The van der Waals surface area contributed by atoms with Crippen LogP contribution in [-0.4, -0.2) is 42.1 Å². The molecule has 1 fully saturated rings. The van der Waals surface area contributed by atoms with Crippen molar-refractivity contribution in [1.82, 2.24) is 4.98 Å². The number of nitrogens with zero attached hydrogens (tertiary/aromatic N) is 2. The molecule has 158 valence electrons. The zero-order chi connectivity index (χ0) is 21.8. The molecule has 1 atom stereocenters. The van der Waals surface area contributed by atoms with Gasteiger partial charge in [0.25, 0.3) is 5.91 Å². The van der Waals surface area contributed by atoms with Gasteiger partial charge in [-0.05, 0) is 42.5 Å². The van der Waals surface area contributed by atoms with Gasteiger partial charge in [-0.25, -0.2) is 9.78 Å². The number of ether oxygens (including phenoxy) is 2. The Labute approximate surface area is 181 Å². The summed E-state index contributed by atoms with van der Waals surface area (Å²) in [5, 5.41) is 12.5. The third-order valence-electron chi connectivity index (χ3n) is 4.55. The molecule has 1 unspecified atom stereocenters. The predicted molar refractivity (Wildman–Crippen MR) is 117 cm³/mol. The zero-order valence-corrected chi connectivity index (χ0v) is 17.1. The van der Waals surface area contributed by atoms with Crippen LogP contribution in [0.5, 0.6) is 5.75 Å². The highest BCUT2D eigenvalue weighted by atomic mass is 32.1. The molecule has 4 rings (SSSR count). The first-order valence-electron chi connectivity index (χ1n) is 9.36. The van der Waals surface area contributed by atoms with Gasteiger partial charge in [-0.15, -0.1) is 11.3 Å². The van der Waals surface area contributed by atoms with Gasteiger partial charge in [-0.1, -0.05) is 6.07 Å². The molecule has 0 spiro atoms. The average Bonchev–Trinajstić information content (AvgIpc) is 3.42. The highest BCUT2D eigenvalue weighted by Gasteiger charge is 2.32. The fraction of sp³-hybridized carbons (Fsp3) is 0.143. The number of thiazole rings is 1.